The predicted octanol–water partition coefficient (Wildman–Crippen LogP) is 4.00. The summed E-state index contributed by atoms with van der Waals surface area (Å²) in [7, 11) is 1.64. The van der Waals surface area contributed by atoms with Gasteiger partial charge in [0.2, 0.25) is 5.13 Å². The van der Waals surface area contributed by atoms with Crippen molar-refractivity contribution in [1.82, 2.24) is 4.98 Å². The van der Waals surface area contributed by atoms with Gasteiger partial charge in [0.15, 0.2) is 11.5 Å². The number of methoxy groups -OCH3 is 1. The lowest BCUT2D eigenvalue weighted by atomic mass is 10.2. The highest BCUT2D eigenvalue weighted by Crippen LogP contribution is 2.27. The molecule has 0 saturated heterocycles. The number of nitrogens with one attached hydrogen (secondary N) is 1. The van der Waals surface area contributed by atoms with Crippen molar-refractivity contribution in [2.24, 2.45) is 5.10 Å². The summed E-state index contributed by atoms with van der Waals surface area (Å²) in [5, 5.41) is 5.01. The lowest BCUT2D eigenvalue weighted by molar-refractivity contribution is 0.294. The number of thiazole rings is 1. The molecule has 0 aliphatic rings. The number of anilines is 1. The highest BCUT2D eigenvalue weighted by atomic mass is 32.1. The van der Waals surface area contributed by atoms with E-state index in [0.717, 1.165) is 34.3 Å². The first-order valence-electron chi connectivity index (χ1n) is 7.18. The van der Waals surface area contributed by atoms with Crippen LogP contribution in [0.3, 0.4) is 0 Å². The van der Waals surface area contributed by atoms with Gasteiger partial charge in [0.1, 0.15) is 0 Å². The smallest absolute Gasteiger partial charge is 0.203 e. The number of hydrogen-bond donors (Lipinski definition) is 1. The van der Waals surface area contributed by atoms with Crippen LogP contribution in [0.4, 0.5) is 5.13 Å². The zero-order valence-electron chi connectivity index (χ0n) is 13.3. The van der Waals surface area contributed by atoms with Crippen LogP contribution in [-0.4, -0.2) is 24.9 Å². The highest BCUT2D eigenvalue weighted by molar-refractivity contribution is 7.15. The van der Waals surface area contributed by atoms with Crippen LogP contribution >= 0.6 is 11.3 Å². The topological polar surface area (TPSA) is 55.7 Å². The monoisotopic (exact) mass is 319 g/mol. The molecule has 1 heterocycles. The first-order valence-corrected chi connectivity index (χ1v) is 7.99. The Morgan fingerprint density at radius 3 is 2.77 bits per heavy atom. The van der Waals surface area contributed by atoms with Gasteiger partial charge in [-0.25, -0.2) is 4.98 Å². The Morgan fingerprint density at radius 2 is 2.14 bits per heavy atom. The van der Waals surface area contributed by atoms with Crippen molar-refractivity contribution in [2.75, 3.05) is 19.1 Å². The molecule has 0 spiro atoms. The first kappa shape index (κ1) is 16.3. The summed E-state index contributed by atoms with van der Waals surface area (Å²) in [6, 6.07) is 5.73. The SMILES string of the molecule is CCCOc1cc(/C=N\Nc2nc(C)c(C)s2)ccc1OC. The van der Waals surface area contributed by atoms with Crippen molar-refractivity contribution in [2.45, 2.75) is 27.2 Å². The van der Waals surface area contributed by atoms with Crippen molar-refractivity contribution >= 4 is 22.7 Å². The van der Waals surface area contributed by atoms with Gasteiger partial charge in [-0.1, -0.05) is 6.92 Å². The molecule has 1 aromatic heterocycles. The predicted molar refractivity (Wildman–Crippen MR) is 91.6 cm³/mol. The summed E-state index contributed by atoms with van der Waals surface area (Å²) in [6.07, 6.45) is 2.69. The van der Waals surface area contributed by atoms with Gasteiger partial charge in [-0.15, -0.1) is 11.3 Å². The Hall–Kier alpha value is -2.08. The van der Waals surface area contributed by atoms with Gasteiger partial charge < -0.3 is 9.47 Å². The molecule has 0 unspecified atom stereocenters. The van der Waals surface area contributed by atoms with Gasteiger partial charge in [-0.05, 0) is 44.0 Å². The van der Waals surface area contributed by atoms with Crippen LogP contribution in [0.15, 0.2) is 23.3 Å². The van der Waals surface area contributed by atoms with Gasteiger partial charge >= 0.3 is 0 Å². The number of nitrogens with zero attached hydrogens (tertiary/aromatic N) is 2. The maximum atomic E-state index is 5.68. The number of ether oxygens (including phenoxy) is 2. The van der Waals surface area contributed by atoms with E-state index in [4.69, 9.17) is 9.47 Å². The molecule has 2 aromatic rings. The van der Waals surface area contributed by atoms with E-state index in [1.165, 1.54) is 4.88 Å². The lowest BCUT2D eigenvalue weighted by Gasteiger charge is -2.10. The third kappa shape index (κ3) is 4.21. The van der Waals surface area contributed by atoms with Crippen LogP contribution in [0, 0.1) is 13.8 Å². The van der Waals surface area contributed by atoms with Crippen LogP contribution in [-0.2, 0) is 0 Å². The number of aromatic nitrogens is 1. The highest BCUT2D eigenvalue weighted by Gasteiger charge is 2.05. The Labute approximate surface area is 135 Å². The molecule has 1 N–H and O–H groups in total. The van der Waals surface area contributed by atoms with Gasteiger partial charge in [0.25, 0.3) is 0 Å². The van der Waals surface area contributed by atoms with Crippen LogP contribution in [0.1, 0.15) is 29.5 Å². The normalized spacial score (nSPS) is 10.9. The van der Waals surface area contributed by atoms with Crippen molar-refractivity contribution in [3.05, 3.63) is 34.3 Å². The quantitative estimate of drug-likeness (QED) is 0.619. The van der Waals surface area contributed by atoms with E-state index < -0.39 is 0 Å². The molecular weight excluding hydrogens is 298 g/mol. The summed E-state index contributed by atoms with van der Waals surface area (Å²) in [5.74, 6) is 1.46. The largest absolute Gasteiger partial charge is 0.493 e. The maximum Gasteiger partial charge on any atom is 0.203 e. The van der Waals surface area contributed by atoms with Gasteiger partial charge in [-0.3, -0.25) is 5.43 Å². The summed E-state index contributed by atoms with van der Waals surface area (Å²) in [4.78, 5) is 5.57. The fourth-order valence-electron chi connectivity index (χ4n) is 1.78. The summed E-state index contributed by atoms with van der Waals surface area (Å²) >= 11 is 1.59. The van der Waals surface area contributed by atoms with E-state index in [2.05, 4.69) is 22.4 Å². The zero-order valence-corrected chi connectivity index (χ0v) is 14.2. The minimum atomic E-state index is 0.660. The van der Waals surface area contributed by atoms with Crippen LogP contribution in [0.25, 0.3) is 0 Å². The molecule has 0 atom stereocenters. The van der Waals surface area contributed by atoms with Gasteiger partial charge in [0.05, 0.1) is 25.6 Å². The minimum absolute atomic E-state index is 0.660. The molecule has 22 heavy (non-hydrogen) atoms. The van der Waals surface area contributed by atoms with Crippen LogP contribution in [0.2, 0.25) is 0 Å². The zero-order chi connectivity index (χ0) is 15.9. The second-order valence-corrected chi connectivity index (χ2v) is 5.99. The standard InChI is InChI=1S/C16H21N3O2S/c1-5-8-21-15-9-13(6-7-14(15)20-4)10-17-19-16-18-11(2)12(3)22-16/h6-7,9-10H,5,8H2,1-4H3,(H,18,19)/b17-10-. The van der Waals surface area contributed by atoms with Crippen molar-refractivity contribution in [3.63, 3.8) is 0 Å². The molecule has 0 amide bonds. The fourth-order valence-corrected chi connectivity index (χ4v) is 2.55. The molecule has 2 rings (SSSR count). The third-order valence-corrected chi connectivity index (χ3v) is 4.03. The van der Waals surface area contributed by atoms with Crippen molar-refractivity contribution in [3.8, 4) is 11.5 Å². The Morgan fingerprint density at radius 1 is 1.32 bits per heavy atom. The minimum Gasteiger partial charge on any atom is -0.493 e. The van der Waals surface area contributed by atoms with E-state index in [0.29, 0.717) is 6.61 Å². The number of benzene rings is 1. The first-order chi connectivity index (χ1) is 10.6. The summed E-state index contributed by atoms with van der Waals surface area (Å²) in [6.45, 7) is 6.76. The molecule has 0 aliphatic heterocycles. The van der Waals surface area contributed by atoms with Crippen LogP contribution in [0.5, 0.6) is 11.5 Å². The molecule has 0 bridgehead atoms. The number of hydrazone groups is 1. The van der Waals surface area contributed by atoms with Gasteiger partial charge in [-0.2, -0.15) is 5.10 Å². The average Bonchev–Trinajstić information content (AvgIpc) is 2.83. The summed E-state index contributed by atoms with van der Waals surface area (Å²) < 4.78 is 11.0. The number of rotatable bonds is 7. The second kappa shape index (κ2) is 7.79. The molecule has 6 heteroatoms. The van der Waals surface area contributed by atoms with Crippen LogP contribution < -0.4 is 14.9 Å². The second-order valence-electron chi connectivity index (χ2n) is 4.79. The molecule has 118 valence electrons. The molecule has 5 nitrogen and oxygen atoms in total. The molecule has 0 saturated carbocycles. The molecule has 0 radical (unpaired) electrons. The molecular formula is C16H21N3O2S. The lowest BCUT2D eigenvalue weighted by Crippen LogP contribution is -1.99. The van der Waals surface area contributed by atoms with Crippen molar-refractivity contribution in [1.29, 1.82) is 0 Å². The van der Waals surface area contributed by atoms with E-state index >= 15 is 0 Å². The van der Waals surface area contributed by atoms with E-state index in [-0.39, 0.29) is 0 Å². The Balaban J connectivity index is 2.06. The maximum absolute atomic E-state index is 5.68. The van der Waals surface area contributed by atoms with E-state index in [9.17, 15) is 0 Å². The van der Waals surface area contributed by atoms with Crippen molar-refractivity contribution < 1.29 is 9.47 Å². The molecule has 0 aliphatic carbocycles. The summed E-state index contributed by atoms with van der Waals surface area (Å²) in [5.41, 5.74) is 4.92. The van der Waals surface area contributed by atoms with E-state index in [1.54, 1.807) is 24.7 Å². The van der Waals surface area contributed by atoms with Gasteiger partial charge in [0, 0.05) is 4.88 Å². The molecule has 1 aromatic carbocycles. The Kier molecular flexibility index (Phi) is 5.77. The fraction of sp³-hybridized carbons (Fsp3) is 0.375. The third-order valence-electron chi connectivity index (χ3n) is 3.05. The molecule has 0 fully saturated rings. The number of aryl methyl sites for hydroxylation is 2. The average molecular weight is 319 g/mol. The number of hydrogen-bond acceptors (Lipinski definition) is 6. The van der Waals surface area contributed by atoms with E-state index in [1.807, 2.05) is 32.0 Å². The Bertz CT molecular complexity index is 633.